The summed E-state index contributed by atoms with van der Waals surface area (Å²) < 4.78 is 5.21. The van der Waals surface area contributed by atoms with Crippen LogP contribution in [0.5, 0.6) is 5.75 Å². The fraction of sp³-hybridized carbons (Fsp3) is 0.176. The molecule has 0 aliphatic carbocycles. The molecule has 2 rings (SSSR count). The third-order valence-corrected chi connectivity index (χ3v) is 3.54. The second kappa shape index (κ2) is 7.65. The summed E-state index contributed by atoms with van der Waals surface area (Å²) in [5.74, 6) is -0.326. The van der Waals surface area contributed by atoms with Crippen LogP contribution >= 0.6 is 11.6 Å². The van der Waals surface area contributed by atoms with Crippen molar-refractivity contribution in [2.45, 2.75) is 6.54 Å². The van der Waals surface area contributed by atoms with E-state index in [0.717, 1.165) is 5.56 Å². The summed E-state index contributed by atoms with van der Waals surface area (Å²) in [6.07, 6.45) is 0. The zero-order valence-corrected chi connectivity index (χ0v) is 13.4. The standard InChI is InChI=1S/C17H17ClN2O3/c1-20(10-13-5-2-3-8-15(13)18)17(22)12-6-4-7-14(9-12)23-11-16(19)21/h2-9H,10-11H2,1H3,(H2,19,21). The summed E-state index contributed by atoms with van der Waals surface area (Å²) in [5, 5.41) is 0.616. The van der Waals surface area contributed by atoms with Crippen LogP contribution in [-0.2, 0) is 11.3 Å². The third kappa shape index (κ3) is 4.72. The van der Waals surface area contributed by atoms with Gasteiger partial charge in [0.2, 0.25) is 0 Å². The van der Waals surface area contributed by atoms with Crippen LogP contribution in [0.3, 0.4) is 0 Å². The highest BCUT2D eigenvalue weighted by molar-refractivity contribution is 6.31. The first kappa shape index (κ1) is 16.8. The Kier molecular flexibility index (Phi) is 5.60. The number of nitrogens with two attached hydrogens (primary N) is 1. The maximum atomic E-state index is 12.5. The molecule has 2 aromatic rings. The van der Waals surface area contributed by atoms with Gasteiger partial charge in [-0.1, -0.05) is 35.9 Å². The lowest BCUT2D eigenvalue weighted by atomic mass is 10.1. The van der Waals surface area contributed by atoms with Crippen molar-refractivity contribution >= 4 is 23.4 Å². The zero-order chi connectivity index (χ0) is 16.8. The minimum absolute atomic E-state index is 0.172. The smallest absolute Gasteiger partial charge is 0.255 e. The molecule has 6 heteroatoms. The highest BCUT2D eigenvalue weighted by atomic mass is 35.5. The molecule has 0 heterocycles. The fourth-order valence-corrected chi connectivity index (χ4v) is 2.24. The molecule has 0 radical (unpaired) electrons. The second-order valence-electron chi connectivity index (χ2n) is 5.04. The topological polar surface area (TPSA) is 72.6 Å². The van der Waals surface area contributed by atoms with Crippen LogP contribution < -0.4 is 10.5 Å². The largest absolute Gasteiger partial charge is 0.484 e. The lowest BCUT2D eigenvalue weighted by molar-refractivity contribution is -0.119. The predicted octanol–water partition coefficient (Wildman–Crippen LogP) is 2.48. The average molecular weight is 333 g/mol. The van der Waals surface area contributed by atoms with Gasteiger partial charge in [-0.25, -0.2) is 0 Å². The van der Waals surface area contributed by atoms with Crippen molar-refractivity contribution in [3.63, 3.8) is 0 Å². The van der Waals surface area contributed by atoms with E-state index in [1.807, 2.05) is 18.2 Å². The maximum absolute atomic E-state index is 12.5. The number of hydrogen-bond acceptors (Lipinski definition) is 3. The molecule has 0 aromatic heterocycles. The molecule has 0 unspecified atom stereocenters. The van der Waals surface area contributed by atoms with E-state index in [4.69, 9.17) is 22.1 Å². The van der Waals surface area contributed by atoms with Crippen LogP contribution in [0.25, 0.3) is 0 Å². The number of carbonyl (C=O) groups excluding carboxylic acids is 2. The Labute approximate surface area is 139 Å². The molecule has 2 N–H and O–H groups in total. The normalized spacial score (nSPS) is 10.2. The predicted molar refractivity (Wildman–Crippen MR) is 88.4 cm³/mol. The van der Waals surface area contributed by atoms with Crippen LogP contribution in [0, 0.1) is 0 Å². The van der Waals surface area contributed by atoms with Crippen molar-refractivity contribution in [1.82, 2.24) is 4.90 Å². The molecule has 0 atom stereocenters. The minimum atomic E-state index is -0.572. The Morgan fingerprint density at radius 1 is 1.17 bits per heavy atom. The molecule has 0 saturated carbocycles. The van der Waals surface area contributed by atoms with E-state index in [-0.39, 0.29) is 12.5 Å². The van der Waals surface area contributed by atoms with Crippen molar-refractivity contribution in [3.8, 4) is 5.75 Å². The number of nitrogens with zero attached hydrogens (tertiary/aromatic N) is 1. The molecule has 120 valence electrons. The number of hydrogen-bond donors (Lipinski definition) is 1. The first-order chi connectivity index (χ1) is 11.0. The zero-order valence-electron chi connectivity index (χ0n) is 12.7. The lowest BCUT2D eigenvalue weighted by Crippen LogP contribution is -2.26. The molecule has 0 bridgehead atoms. The van der Waals surface area contributed by atoms with Gasteiger partial charge >= 0.3 is 0 Å². The molecular weight excluding hydrogens is 316 g/mol. The molecule has 0 fully saturated rings. The number of halogens is 1. The molecule has 0 saturated heterocycles. The Hall–Kier alpha value is -2.53. The number of primary amides is 1. The summed E-state index contributed by atoms with van der Waals surface area (Å²) in [4.78, 5) is 24.8. The van der Waals surface area contributed by atoms with E-state index in [1.54, 1.807) is 42.3 Å². The van der Waals surface area contributed by atoms with Gasteiger partial charge in [-0.15, -0.1) is 0 Å². The van der Waals surface area contributed by atoms with Gasteiger partial charge in [-0.05, 0) is 29.8 Å². The molecular formula is C17H17ClN2O3. The third-order valence-electron chi connectivity index (χ3n) is 3.17. The van der Waals surface area contributed by atoms with Gasteiger partial charge in [0.15, 0.2) is 6.61 Å². The Morgan fingerprint density at radius 2 is 1.91 bits per heavy atom. The summed E-state index contributed by atoms with van der Waals surface area (Å²) in [7, 11) is 1.70. The highest BCUT2D eigenvalue weighted by Gasteiger charge is 2.14. The van der Waals surface area contributed by atoms with Crippen LogP contribution in [0.2, 0.25) is 5.02 Å². The summed E-state index contributed by atoms with van der Waals surface area (Å²) >= 11 is 6.11. The monoisotopic (exact) mass is 332 g/mol. The van der Waals surface area contributed by atoms with Crippen LogP contribution in [-0.4, -0.2) is 30.4 Å². The first-order valence-electron chi connectivity index (χ1n) is 6.97. The molecule has 2 amide bonds. The second-order valence-corrected chi connectivity index (χ2v) is 5.44. The van der Waals surface area contributed by atoms with Crippen LogP contribution in [0.15, 0.2) is 48.5 Å². The molecule has 0 spiro atoms. The van der Waals surface area contributed by atoms with Crippen molar-refractivity contribution in [2.24, 2.45) is 5.73 Å². The van der Waals surface area contributed by atoms with Crippen LogP contribution in [0.4, 0.5) is 0 Å². The average Bonchev–Trinajstić information content (AvgIpc) is 2.54. The Morgan fingerprint density at radius 3 is 2.61 bits per heavy atom. The van der Waals surface area contributed by atoms with Crippen molar-refractivity contribution in [1.29, 1.82) is 0 Å². The number of amides is 2. The van der Waals surface area contributed by atoms with E-state index in [9.17, 15) is 9.59 Å². The first-order valence-corrected chi connectivity index (χ1v) is 7.35. The van der Waals surface area contributed by atoms with Gasteiger partial charge in [0, 0.05) is 24.2 Å². The lowest BCUT2D eigenvalue weighted by Gasteiger charge is -2.18. The van der Waals surface area contributed by atoms with E-state index in [2.05, 4.69) is 0 Å². The SMILES string of the molecule is CN(Cc1ccccc1Cl)C(=O)c1cccc(OCC(N)=O)c1. The summed E-state index contributed by atoms with van der Waals surface area (Å²) in [5.41, 5.74) is 6.36. The van der Waals surface area contributed by atoms with Gasteiger partial charge < -0.3 is 15.4 Å². The Bertz CT molecular complexity index is 718. The minimum Gasteiger partial charge on any atom is -0.484 e. The molecule has 5 nitrogen and oxygen atoms in total. The van der Waals surface area contributed by atoms with Gasteiger partial charge in [-0.3, -0.25) is 9.59 Å². The van der Waals surface area contributed by atoms with E-state index in [0.29, 0.717) is 22.9 Å². The van der Waals surface area contributed by atoms with Crippen LogP contribution in [0.1, 0.15) is 15.9 Å². The molecule has 0 aliphatic rings. The van der Waals surface area contributed by atoms with E-state index >= 15 is 0 Å². The van der Waals surface area contributed by atoms with Gasteiger partial charge in [0.25, 0.3) is 11.8 Å². The molecule has 0 aliphatic heterocycles. The van der Waals surface area contributed by atoms with Gasteiger partial charge in [0.1, 0.15) is 5.75 Å². The molecule has 23 heavy (non-hydrogen) atoms. The van der Waals surface area contributed by atoms with E-state index in [1.165, 1.54) is 0 Å². The van der Waals surface area contributed by atoms with Crippen molar-refractivity contribution in [3.05, 3.63) is 64.7 Å². The maximum Gasteiger partial charge on any atom is 0.255 e. The van der Waals surface area contributed by atoms with Gasteiger partial charge in [-0.2, -0.15) is 0 Å². The number of rotatable bonds is 6. The summed E-state index contributed by atoms with van der Waals surface area (Å²) in [6.45, 7) is 0.165. The van der Waals surface area contributed by atoms with Crippen molar-refractivity contribution < 1.29 is 14.3 Å². The fourth-order valence-electron chi connectivity index (χ4n) is 2.05. The van der Waals surface area contributed by atoms with E-state index < -0.39 is 5.91 Å². The van der Waals surface area contributed by atoms with Gasteiger partial charge in [0.05, 0.1) is 0 Å². The highest BCUT2D eigenvalue weighted by Crippen LogP contribution is 2.19. The Balaban J connectivity index is 2.08. The quantitative estimate of drug-likeness (QED) is 0.883. The number of ether oxygens (including phenoxy) is 1. The van der Waals surface area contributed by atoms with Crippen molar-refractivity contribution in [2.75, 3.05) is 13.7 Å². The number of carbonyl (C=O) groups is 2. The molecule has 2 aromatic carbocycles. The number of benzene rings is 2. The summed E-state index contributed by atoms with van der Waals surface area (Å²) in [6, 6.07) is 14.0.